The van der Waals surface area contributed by atoms with Crippen LogP contribution in [0.4, 0.5) is 0 Å². The Balaban J connectivity index is 2.83. The number of carboxylic acid groups (broad SMARTS) is 1. The number of benzene rings is 1. The van der Waals surface area contributed by atoms with E-state index in [4.69, 9.17) is 27.4 Å². The first-order chi connectivity index (χ1) is 16.4. The summed E-state index contributed by atoms with van der Waals surface area (Å²) >= 11 is 0. The molecule has 194 valence electrons. The van der Waals surface area contributed by atoms with Crippen molar-refractivity contribution in [2.45, 2.75) is 50.4 Å². The van der Waals surface area contributed by atoms with Gasteiger partial charge in [-0.25, -0.2) is 4.79 Å². The van der Waals surface area contributed by atoms with Crippen molar-refractivity contribution in [3.63, 3.8) is 0 Å². The lowest BCUT2D eigenvalue weighted by atomic mass is 10.0. The van der Waals surface area contributed by atoms with E-state index in [1.165, 1.54) is 19.1 Å². The van der Waals surface area contributed by atoms with E-state index in [9.17, 15) is 24.3 Å². The number of nitrogens with zero attached hydrogens (tertiary/aromatic N) is 1. The Morgan fingerprint density at radius 3 is 2.11 bits per heavy atom. The molecule has 0 aliphatic heterocycles. The summed E-state index contributed by atoms with van der Waals surface area (Å²) in [5.74, 6) is -3.67. The van der Waals surface area contributed by atoms with Crippen molar-refractivity contribution in [3.05, 3.63) is 29.8 Å². The van der Waals surface area contributed by atoms with Crippen LogP contribution in [0.25, 0.3) is 0 Å². The van der Waals surface area contributed by atoms with E-state index in [1.807, 2.05) is 0 Å². The highest BCUT2D eigenvalue weighted by atomic mass is 16.4. The molecule has 0 saturated heterocycles. The molecule has 0 radical (unpaired) electrons. The topological polar surface area (TPSA) is 255 Å². The summed E-state index contributed by atoms with van der Waals surface area (Å²) in [5, 5.41) is 34.4. The number of rotatable bonds is 14. The van der Waals surface area contributed by atoms with E-state index >= 15 is 0 Å². The molecule has 1 rings (SSSR count). The van der Waals surface area contributed by atoms with Gasteiger partial charge >= 0.3 is 5.97 Å². The minimum atomic E-state index is -1.53. The number of aliphatic carboxylic acids is 1. The number of phenolic OH excluding ortho intramolecular Hbond substituents is 1. The van der Waals surface area contributed by atoms with Gasteiger partial charge < -0.3 is 48.5 Å². The Morgan fingerprint density at radius 2 is 1.57 bits per heavy atom. The van der Waals surface area contributed by atoms with E-state index < -0.39 is 54.5 Å². The minimum Gasteiger partial charge on any atom is -0.508 e. The zero-order chi connectivity index (χ0) is 26.5. The molecule has 35 heavy (non-hydrogen) atoms. The van der Waals surface area contributed by atoms with Gasteiger partial charge in [0.15, 0.2) is 5.96 Å². The average molecular weight is 496 g/mol. The number of aliphatic hydroxyl groups excluding tert-OH is 1. The molecule has 0 spiro atoms. The van der Waals surface area contributed by atoms with Crippen molar-refractivity contribution in [2.24, 2.45) is 22.2 Å². The molecule has 0 saturated carbocycles. The Labute approximate surface area is 201 Å². The number of hydrogen-bond acceptors (Lipinski definition) is 8. The van der Waals surface area contributed by atoms with Crippen LogP contribution < -0.4 is 33.2 Å². The third-order valence-corrected chi connectivity index (χ3v) is 4.86. The van der Waals surface area contributed by atoms with Gasteiger partial charge in [0.1, 0.15) is 23.9 Å². The lowest BCUT2D eigenvalue weighted by Gasteiger charge is -2.23. The summed E-state index contributed by atoms with van der Waals surface area (Å²) in [7, 11) is 0. The smallest absolute Gasteiger partial charge is 0.328 e. The first-order valence-corrected chi connectivity index (χ1v) is 10.8. The second kappa shape index (κ2) is 14.4. The molecule has 1 aromatic rings. The van der Waals surface area contributed by atoms with Gasteiger partial charge in [0.2, 0.25) is 17.7 Å². The SMILES string of the molecule is CC(NC(=O)C(CCCN=C(N)N)NC(=O)C(N)Cc1ccc(O)cc1)C(=O)NC(CO)C(=O)O. The Morgan fingerprint density at radius 1 is 0.971 bits per heavy atom. The predicted octanol–water partition coefficient (Wildman–Crippen LogP) is -3.13. The average Bonchev–Trinajstić information content (AvgIpc) is 2.79. The van der Waals surface area contributed by atoms with Crippen molar-refractivity contribution >= 4 is 29.7 Å². The van der Waals surface area contributed by atoms with E-state index in [-0.39, 0.29) is 31.1 Å². The van der Waals surface area contributed by atoms with Gasteiger partial charge in [0.25, 0.3) is 0 Å². The molecule has 3 amide bonds. The van der Waals surface area contributed by atoms with Gasteiger partial charge in [-0.3, -0.25) is 19.4 Å². The van der Waals surface area contributed by atoms with Gasteiger partial charge in [-0.2, -0.15) is 0 Å². The normalized spacial score (nSPS) is 14.0. The van der Waals surface area contributed by atoms with E-state index in [0.29, 0.717) is 12.0 Å². The van der Waals surface area contributed by atoms with Crippen LogP contribution in [-0.2, 0) is 25.6 Å². The second-order valence-corrected chi connectivity index (χ2v) is 7.80. The molecule has 0 heterocycles. The number of amides is 3. The number of guanidine groups is 1. The fraction of sp³-hybridized carbons (Fsp3) is 0.476. The highest BCUT2D eigenvalue weighted by Gasteiger charge is 2.28. The van der Waals surface area contributed by atoms with Crippen LogP contribution in [0.3, 0.4) is 0 Å². The first kappa shape index (κ1) is 29.1. The van der Waals surface area contributed by atoms with Gasteiger partial charge in [-0.05, 0) is 43.9 Å². The summed E-state index contributed by atoms with van der Waals surface area (Å²) < 4.78 is 0. The van der Waals surface area contributed by atoms with Crippen LogP contribution in [0.5, 0.6) is 5.75 Å². The zero-order valence-electron chi connectivity index (χ0n) is 19.3. The lowest BCUT2D eigenvalue weighted by Crippen LogP contribution is -2.56. The molecule has 0 aromatic heterocycles. The molecule has 0 aliphatic rings. The maximum atomic E-state index is 12.8. The van der Waals surface area contributed by atoms with Crippen molar-refractivity contribution in [1.29, 1.82) is 0 Å². The number of hydrogen-bond donors (Lipinski definition) is 9. The van der Waals surface area contributed by atoms with Crippen LogP contribution >= 0.6 is 0 Å². The molecule has 1 aromatic carbocycles. The third kappa shape index (κ3) is 10.7. The summed E-state index contributed by atoms with van der Waals surface area (Å²) in [5.41, 5.74) is 17.2. The number of nitrogens with two attached hydrogens (primary N) is 3. The predicted molar refractivity (Wildman–Crippen MR) is 126 cm³/mol. The fourth-order valence-corrected chi connectivity index (χ4v) is 2.89. The second-order valence-electron chi connectivity index (χ2n) is 7.80. The Hall–Kier alpha value is -3.91. The molecule has 14 nitrogen and oxygen atoms in total. The van der Waals surface area contributed by atoms with E-state index in [0.717, 1.165) is 0 Å². The number of carbonyl (C=O) groups excluding carboxylic acids is 3. The molecule has 4 atom stereocenters. The van der Waals surface area contributed by atoms with Crippen LogP contribution in [0.15, 0.2) is 29.3 Å². The van der Waals surface area contributed by atoms with E-state index in [1.54, 1.807) is 12.1 Å². The maximum Gasteiger partial charge on any atom is 0.328 e. The van der Waals surface area contributed by atoms with Crippen molar-refractivity contribution in [1.82, 2.24) is 16.0 Å². The molecule has 0 fully saturated rings. The molecule has 12 N–H and O–H groups in total. The van der Waals surface area contributed by atoms with Gasteiger partial charge in [-0.1, -0.05) is 12.1 Å². The maximum absolute atomic E-state index is 12.8. The largest absolute Gasteiger partial charge is 0.508 e. The highest BCUT2D eigenvalue weighted by Crippen LogP contribution is 2.11. The molecular formula is C21H33N7O7. The highest BCUT2D eigenvalue weighted by molar-refractivity contribution is 5.94. The number of aliphatic hydroxyl groups is 1. The van der Waals surface area contributed by atoms with Crippen LogP contribution in [0.1, 0.15) is 25.3 Å². The van der Waals surface area contributed by atoms with Crippen molar-refractivity contribution in [2.75, 3.05) is 13.2 Å². The Bertz CT molecular complexity index is 904. The third-order valence-electron chi connectivity index (χ3n) is 4.86. The van der Waals surface area contributed by atoms with Crippen LogP contribution in [-0.4, -0.2) is 82.3 Å². The zero-order valence-corrected chi connectivity index (χ0v) is 19.3. The molecule has 4 unspecified atom stereocenters. The van der Waals surface area contributed by atoms with Crippen molar-refractivity contribution in [3.8, 4) is 5.75 Å². The molecule has 0 bridgehead atoms. The van der Waals surface area contributed by atoms with E-state index in [2.05, 4.69) is 20.9 Å². The quantitative estimate of drug-likeness (QED) is 0.0712. The Kier molecular flexibility index (Phi) is 12.0. The first-order valence-electron chi connectivity index (χ1n) is 10.8. The van der Waals surface area contributed by atoms with Crippen LogP contribution in [0, 0.1) is 0 Å². The van der Waals surface area contributed by atoms with Gasteiger partial charge in [-0.15, -0.1) is 0 Å². The van der Waals surface area contributed by atoms with Crippen LogP contribution in [0.2, 0.25) is 0 Å². The minimum absolute atomic E-state index is 0.0658. The van der Waals surface area contributed by atoms with Crippen molar-refractivity contribution < 1.29 is 34.5 Å². The lowest BCUT2D eigenvalue weighted by molar-refractivity contribution is -0.143. The molecule has 0 aliphatic carbocycles. The number of phenols is 1. The monoisotopic (exact) mass is 495 g/mol. The van der Waals surface area contributed by atoms with Gasteiger partial charge in [0, 0.05) is 6.54 Å². The number of carboxylic acids is 1. The van der Waals surface area contributed by atoms with Gasteiger partial charge in [0.05, 0.1) is 12.6 Å². The fourth-order valence-electron chi connectivity index (χ4n) is 2.89. The summed E-state index contributed by atoms with van der Waals surface area (Å²) in [6, 6.07) is 1.34. The summed E-state index contributed by atoms with van der Waals surface area (Å²) in [6.07, 6.45) is 0.573. The standard InChI is InChI=1S/C21H33N7O7/c1-11(17(31)28-16(10-29)20(34)35)26-19(33)15(3-2-8-25-21(23)24)27-18(32)14(22)9-12-4-6-13(30)7-5-12/h4-7,11,14-16,29-30H,2-3,8-10,22H2,1H3,(H,26,33)(H,27,32)(H,28,31)(H,34,35)(H4,23,24,25). The number of carbonyl (C=O) groups is 4. The molecule has 14 heteroatoms. The summed E-state index contributed by atoms with van der Waals surface area (Å²) in [4.78, 5) is 52.4. The number of aliphatic imine (C=N–C) groups is 1. The number of aromatic hydroxyl groups is 1. The summed E-state index contributed by atoms with van der Waals surface area (Å²) in [6.45, 7) is 0.677. The molecular weight excluding hydrogens is 462 g/mol. The number of nitrogens with one attached hydrogen (secondary N) is 3.